The average Bonchev–Trinajstić information content (AvgIpc) is 2.72. The number of benzene rings is 2. The van der Waals surface area contributed by atoms with Gasteiger partial charge in [0, 0.05) is 12.6 Å². The Morgan fingerprint density at radius 2 is 1.65 bits per heavy atom. The summed E-state index contributed by atoms with van der Waals surface area (Å²) in [5.74, 6) is -0.685. The van der Waals surface area contributed by atoms with Crippen molar-refractivity contribution >= 4 is 27.5 Å². The molecule has 0 bridgehead atoms. The van der Waals surface area contributed by atoms with E-state index in [0.717, 1.165) is 32.8 Å². The van der Waals surface area contributed by atoms with Gasteiger partial charge in [-0.15, -0.1) is 0 Å². The van der Waals surface area contributed by atoms with Gasteiger partial charge in [0.2, 0.25) is 21.8 Å². The summed E-state index contributed by atoms with van der Waals surface area (Å²) in [6, 6.07) is 12.4. The minimum Gasteiger partial charge on any atom is -0.352 e. The SMILES string of the molecule is CCC(C(=O)NC(C)C)N(Cc1cccc(C)c1)C(=O)CN(c1cc(C)ccc1C)S(C)(=O)=O. The van der Waals surface area contributed by atoms with Crippen molar-refractivity contribution in [1.82, 2.24) is 10.2 Å². The van der Waals surface area contributed by atoms with E-state index in [4.69, 9.17) is 0 Å². The highest BCUT2D eigenvalue weighted by Crippen LogP contribution is 2.25. The number of aryl methyl sites for hydroxylation is 3. The summed E-state index contributed by atoms with van der Waals surface area (Å²) in [5, 5.41) is 2.89. The zero-order chi connectivity index (χ0) is 25.6. The van der Waals surface area contributed by atoms with Crippen LogP contribution in [0.15, 0.2) is 42.5 Å². The molecule has 2 aromatic rings. The number of sulfonamides is 1. The molecule has 0 radical (unpaired) electrons. The maximum atomic E-state index is 13.7. The number of nitrogens with one attached hydrogen (secondary N) is 1. The Morgan fingerprint density at radius 1 is 1.00 bits per heavy atom. The Labute approximate surface area is 204 Å². The molecule has 0 heterocycles. The van der Waals surface area contributed by atoms with Crippen LogP contribution in [0, 0.1) is 20.8 Å². The monoisotopic (exact) mass is 487 g/mol. The first kappa shape index (κ1) is 27.4. The lowest BCUT2D eigenvalue weighted by Gasteiger charge is -2.33. The summed E-state index contributed by atoms with van der Waals surface area (Å²) in [4.78, 5) is 28.2. The van der Waals surface area contributed by atoms with E-state index < -0.39 is 22.0 Å². The molecule has 0 spiro atoms. The van der Waals surface area contributed by atoms with Crippen LogP contribution in [0.25, 0.3) is 0 Å². The average molecular weight is 488 g/mol. The highest BCUT2D eigenvalue weighted by atomic mass is 32.2. The predicted octanol–water partition coefficient (Wildman–Crippen LogP) is 3.71. The molecule has 1 N–H and O–H groups in total. The van der Waals surface area contributed by atoms with Crippen molar-refractivity contribution in [2.45, 2.75) is 66.6 Å². The fourth-order valence-corrected chi connectivity index (χ4v) is 4.79. The minimum absolute atomic E-state index is 0.0834. The van der Waals surface area contributed by atoms with Crippen molar-refractivity contribution in [3.05, 3.63) is 64.7 Å². The molecule has 7 nitrogen and oxygen atoms in total. The van der Waals surface area contributed by atoms with Gasteiger partial charge in [-0.3, -0.25) is 13.9 Å². The Morgan fingerprint density at radius 3 is 2.21 bits per heavy atom. The lowest BCUT2D eigenvalue weighted by Crippen LogP contribution is -2.53. The predicted molar refractivity (Wildman–Crippen MR) is 137 cm³/mol. The zero-order valence-corrected chi connectivity index (χ0v) is 22.1. The molecule has 2 aromatic carbocycles. The van der Waals surface area contributed by atoms with Gasteiger partial charge in [0.15, 0.2) is 0 Å². The highest BCUT2D eigenvalue weighted by Gasteiger charge is 2.32. The molecule has 0 saturated heterocycles. The molecular formula is C26H37N3O4S. The molecule has 34 heavy (non-hydrogen) atoms. The van der Waals surface area contributed by atoms with E-state index in [2.05, 4.69) is 5.32 Å². The normalized spacial score (nSPS) is 12.4. The van der Waals surface area contributed by atoms with E-state index in [1.807, 2.05) is 77.9 Å². The van der Waals surface area contributed by atoms with E-state index in [0.29, 0.717) is 12.1 Å². The molecule has 0 aliphatic heterocycles. The van der Waals surface area contributed by atoms with Gasteiger partial charge in [-0.25, -0.2) is 8.42 Å². The van der Waals surface area contributed by atoms with E-state index in [1.54, 1.807) is 6.07 Å². The molecule has 2 amide bonds. The summed E-state index contributed by atoms with van der Waals surface area (Å²) in [6.07, 6.45) is 1.49. The smallest absolute Gasteiger partial charge is 0.244 e. The second kappa shape index (κ2) is 11.5. The Balaban J connectivity index is 2.49. The van der Waals surface area contributed by atoms with E-state index in [1.165, 1.54) is 4.90 Å². The van der Waals surface area contributed by atoms with Crippen molar-refractivity contribution in [2.75, 3.05) is 17.1 Å². The third-order valence-corrected chi connectivity index (χ3v) is 6.69. The van der Waals surface area contributed by atoms with Crippen LogP contribution >= 0.6 is 0 Å². The van der Waals surface area contributed by atoms with Crippen molar-refractivity contribution < 1.29 is 18.0 Å². The fourth-order valence-electron chi connectivity index (χ4n) is 3.89. The van der Waals surface area contributed by atoms with E-state index >= 15 is 0 Å². The van der Waals surface area contributed by atoms with Crippen LogP contribution in [0.1, 0.15) is 49.4 Å². The maximum absolute atomic E-state index is 13.7. The quantitative estimate of drug-likeness (QED) is 0.554. The molecule has 0 saturated carbocycles. The van der Waals surface area contributed by atoms with Gasteiger partial charge in [0.1, 0.15) is 12.6 Å². The summed E-state index contributed by atoms with van der Waals surface area (Å²) in [5.41, 5.74) is 4.02. The molecule has 0 aliphatic carbocycles. The van der Waals surface area contributed by atoms with Gasteiger partial charge < -0.3 is 10.2 Å². The van der Waals surface area contributed by atoms with Crippen molar-refractivity contribution in [1.29, 1.82) is 0 Å². The number of rotatable bonds is 10. The first-order valence-corrected chi connectivity index (χ1v) is 13.4. The third-order valence-electron chi connectivity index (χ3n) is 5.56. The second-order valence-electron chi connectivity index (χ2n) is 9.16. The molecule has 0 fully saturated rings. The fraction of sp³-hybridized carbons (Fsp3) is 0.462. The number of amides is 2. The zero-order valence-electron chi connectivity index (χ0n) is 21.3. The number of hydrogen-bond donors (Lipinski definition) is 1. The third kappa shape index (κ3) is 7.32. The Bertz CT molecular complexity index is 1130. The van der Waals surface area contributed by atoms with Crippen molar-refractivity contribution in [3.8, 4) is 0 Å². The van der Waals surface area contributed by atoms with Gasteiger partial charge in [-0.05, 0) is 63.8 Å². The summed E-state index contributed by atoms with van der Waals surface area (Å²) >= 11 is 0. The number of carbonyl (C=O) groups is 2. The molecule has 1 unspecified atom stereocenters. The topological polar surface area (TPSA) is 86.8 Å². The number of nitrogens with zero attached hydrogens (tertiary/aromatic N) is 2. The van der Waals surface area contributed by atoms with Gasteiger partial charge in [-0.1, -0.05) is 48.9 Å². The van der Waals surface area contributed by atoms with Crippen molar-refractivity contribution in [2.24, 2.45) is 0 Å². The summed E-state index contributed by atoms with van der Waals surface area (Å²) < 4.78 is 26.6. The lowest BCUT2D eigenvalue weighted by molar-refractivity contribution is -0.140. The summed E-state index contributed by atoms with van der Waals surface area (Å²) in [6.45, 7) is 11.0. The van der Waals surface area contributed by atoms with Crippen LogP contribution in [0.3, 0.4) is 0 Å². The lowest BCUT2D eigenvalue weighted by atomic mass is 10.1. The Hall–Kier alpha value is -2.87. The highest BCUT2D eigenvalue weighted by molar-refractivity contribution is 7.92. The number of carbonyl (C=O) groups excluding carboxylic acids is 2. The maximum Gasteiger partial charge on any atom is 0.244 e. The molecule has 186 valence electrons. The van der Waals surface area contributed by atoms with Gasteiger partial charge in [0.25, 0.3) is 0 Å². The van der Waals surface area contributed by atoms with Crippen LogP contribution in [-0.4, -0.2) is 50.0 Å². The minimum atomic E-state index is -3.75. The summed E-state index contributed by atoms with van der Waals surface area (Å²) in [7, 11) is -3.75. The van der Waals surface area contributed by atoms with Crippen LogP contribution in [0.4, 0.5) is 5.69 Å². The molecule has 1 atom stereocenters. The largest absolute Gasteiger partial charge is 0.352 e. The molecule has 8 heteroatoms. The van der Waals surface area contributed by atoms with Gasteiger partial charge in [0.05, 0.1) is 11.9 Å². The first-order chi connectivity index (χ1) is 15.8. The van der Waals surface area contributed by atoms with Crippen LogP contribution in [0.2, 0.25) is 0 Å². The van der Waals surface area contributed by atoms with Crippen LogP contribution < -0.4 is 9.62 Å². The number of anilines is 1. The van der Waals surface area contributed by atoms with Crippen LogP contribution in [0.5, 0.6) is 0 Å². The van der Waals surface area contributed by atoms with Crippen molar-refractivity contribution in [3.63, 3.8) is 0 Å². The molecule has 2 rings (SSSR count). The van der Waals surface area contributed by atoms with Crippen LogP contribution in [-0.2, 0) is 26.2 Å². The standard InChI is InChI=1S/C26H37N3O4S/c1-8-23(26(31)27-18(2)3)28(16-22-11-9-10-19(4)14-22)25(30)17-29(34(7,32)33)24-15-20(5)12-13-21(24)6/h9-15,18,23H,8,16-17H2,1-7H3,(H,27,31). The Kier molecular flexibility index (Phi) is 9.27. The molecule has 0 aliphatic rings. The molecule has 0 aromatic heterocycles. The number of hydrogen-bond acceptors (Lipinski definition) is 4. The van der Waals surface area contributed by atoms with Gasteiger partial charge in [-0.2, -0.15) is 0 Å². The molecular weight excluding hydrogens is 450 g/mol. The van der Waals surface area contributed by atoms with E-state index in [-0.39, 0.29) is 25.0 Å². The van der Waals surface area contributed by atoms with E-state index in [9.17, 15) is 18.0 Å². The first-order valence-electron chi connectivity index (χ1n) is 11.5. The second-order valence-corrected chi connectivity index (χ2v) is 11.1. The van der Waals surface area contributed by atoms with Gasteiger partial charge >= 0.3 is 0 Å².